The lowest BCUT2D eigenvalue weighted by molar-refractivity contribution is -0.131. The van der Waals surface area contributed by atoms with Gasteiger partial charge in [-0.05, 0) is 37.1 Å². The summed E-state index contributed by atoms with van der Waals surface area (Å²) in [4.78, 5) is 18.9. The standard InChI is InChI=1S/C22H26FN7O/c23-17-5-1-2-6-18(17)27-13-15-29(16-14-27)22(31)10-9-20-25-24-19-7-8-21(26-30(19)20)28-11-3-4-12-28/h1-2,5-8H,3-4,9-16H2. The fourth-order valence-electron chi connectivity index (χ4n) is 4.38. The summed E-state index contributed by atoms with van der Waals surface area (Å²) in [6.45, 7) is 4.47. The first kappa shape index (κ1) is 19.7. The van der Waals surface area contributed by atoms with Gasteiger partial charge in [0, 0.05) is 52.1 Å². The molecule has 0 unspecified atom stereocenters. The maximum atomic E-state index is 14.0. The molecule has 31 heavy (non-hydrogen) atoms. The molecule has 2 aliphatic rings. The van der Waals surface area contributed by atoms with Crippen LogP contribution >= 0.6 is 0 Å². The van der Waals surface area contributed by atoms with Crippen LogP contribution in [0, 0.1) is 5.82 Å². The van der Waals surface area contributed by atoms with Crippen molar-refractivity contribution in [2.45, 2.75) is 25.7 Å². The van der Waals surface area contributed by atoms with Crippen LogP contribution in [-0.2, 0) is 11.2 Å². The molecule has 2 fully saturated rings. The summed E-state index contributed by atoms with van der Waals surface area (Å²) in [5, 5.41) is 13.2. The Balaban J connectivity index is 1.19. The average Bonchev–Trinajstić information content (AvgIpc) is 3.48. The predicted octanol–water partition coefficient (Wildman–Crippen LogP) is 2.14. The van der Waals surface area contributed by atoms with Gasteiger partial charge in [-0.15, -0.1) is 15.3 Å². The molecule has 1 amide bonds. The molecule has 8 nitrogen and oxygen atoms in total. The summed E-state index contributed by atoms with van der Waals surface area (Å²) in [6.07, 6.45) is 3.22. The highest BCUT2D eigenvalue weighted by atomic mass is 19.1. The second kappa shape index (κ2) is 8.49. The quantitative estimate of drug-likeness (QED) is 0.626. The van der Waals surface area contributed by atoms with E-state index in [1.807, 2.05) is 28.0 Å². The summed E-state index contributed by atoms with van der Waals surface area (Å²) in [6, 6.07) is 10.7. The van der Waals surface area contributed by atoms with Crippen molar-refractivity contribution >= 4 is 23.1 Å². The molecule has 0 aliphatic carbocycles. The smallest absolute Gasteiger partial charge is 0.223 e. The van der Waals surface area contributed by atoms with Gasteiger partial charge in [0.2, 0.25) is 5.91 Å². The summed E-state index contributed by atoms with van der Waals surface area (Å²) in [5.74, 6) is 1.50. The Morgan fingerprint density at radius 3 is 2.45 bits per heavy atom. The molecule has 0 bridgehead atoms. The van der Waals surface area contributed by atoms with Crippen molar-refractivity contribution in [1.82, 2.24) is 24.7 Å². The molecule has 0 atom stereocenters. The number of amides is 1. The lowest BCUT2D eigenvalue weighted by atomic mass is 10.2. The number of aromatic nitrogens is 4. The van der Waals surface area contributed by atoms with Gasteiger partial charge < -0.3 is 14.7 Å². The van der Waals surface area contributed by atoms with Crippen molar-refractivity contribution < 1.29 is 9.18 Å². The van der Waals surface area contributed by atoms with Gasteiger partial charge in [0.25, 0.3) is 0 Å². The van der Waals surface area contributed by atoms with Crippen molar-refractivity contribution in [2.75, 3.05) is 49.1 Å². The zero-order valence-electron chi connectivity index (χ0n) is 17.5. The highest BCUT2D eigenvalue weighted by molar-refractivity contribution is 5.76. The number of anilines is 2. The number of hydrogen-bond donors (Lipinski definition) is 0. The van der Waals surface area contributed by atoms with E-state index in [1.165, 1.54) is 18.9 Å². The van der Waals surface area contributed by atoms with Gasteiger partial charge in [0.15, 0.2) is 11.5 Å². The molecule has 0 saturated carbocycles. The molecule has 2 saturated heterocycles. The van der Waals surface area contributed by atoms with Crippen molar-refractivity contribution in [3.05, 3.63) is 48.0 Å². The molecule has 5 rings (SSSR count). The normalized spacial score (nSPS) is 17.0. The lowest BCUT2D eigenvalue weighted by Crippen LogP contribution is -2.49. The van der Waals surface area contributed by atoms with Gasteiger partial charge in [-0.2, -0.15) is 4.52 Å². The molecule has 4 heterocycles. The van der Waals surface area contributed by atoms with Crippen molar-refractivity contribution in [3.8, 4) is 0 Å². The number of fused-ring (bicyclic) bond motifs is 1. The molecular weight excluding hydrogens is 397 g/mol. The second-order valence-corrected chi connectivity index (χ2v) is 8.09. The maximum absolute atomic E-state index is 14.0. The summed E-state index contributed by atoms with van der Waals surface area (Å²) in [5.41, 5.74) is 1.30. The highest BCUT2D eigenvalue weighted by Gasteiger charge is 2.23. The average molecular weight is 423 g/mol. The molecular formula is C22H26FN7O. The topological polar surface area (TPSA) is 69.9 Å². The number of benzene rings is 1. The van der Waals surface area contributed by atoms with E-state index >= 15 is 0 Å². The van der Waals surface area contributed by atoms with E-state index in [-0.39, 0.29) is 11.7 Å². The molecule has 2 aromatic heterocycles. The molecule has 0 N–H and O–H groups in total. The summed E-state index contributed by atoms with van der Waals surface area (Å²) < 4.78 is 15.8. The van der Waals surface area contributed by atoms with E-state index in [1.54, 1.807) is 16.6 Å². The molecule has 0 spiro atoms. The van der Waals surface area contributed by atoms with Gasteiger partial charge in [0.05, 0.1) is 5.69 Å². The SMILES string of the molecule is O=C(CCc1nnc2ccc(N3CCCC3)nn12)N1CCN(c2ccccc2F)CC1. The second-order valence-electron chi connectivity index (χ2n) is 8.09. The van der Waals surface area contributed by atoms with E-state index in [2.05, 4.69) is 15.1 Å². The molecule has 9 heteroatoms. The van der Waals surface area contributed by atoms with E-state index in [9.17, 15) is 9.18 Å². The van der Waals surface area contributed by atoms with Gasteiger partial charge in [0.1, 0.15) is 11.6 Å². The summed E-state index contributed by atoms with van der Waals surface area (Å²) in [7, 11) is 0. The van der Waals surface area contributed by atoms with E-state index < -0.39 is 0 Å². The van der Waals surface area contributed by atoms with Crippen molar-refractivity contribution in [3.63, 3.8) is 0 Å². The fraction of sp³-hybridized carbons (Fsp3) is 0.455. The minimum Gasteiger partial charge on any atom is -0.366 e. The summed E-state index contributed by atoms with van der Waals surface area (Å²) >= 11 is 0. The minimum atomic E-state index is -0.221. The van der Waals surface area contributed by atoms with Crippen LogP contribution in [0.15, 0.2) is 36.4 Å². The number of aryl methyl sites for hydroxylation is 1. The van der Waals surface area contributed by atoms with E-state index in [0.717, 1.165) is 18.9 Å². The first-order chi connectivity index (χ1) is 15.2. The Bertz CT molecular complexity index is 1070. The third kappa shape index (κ3) is 4.04. The number of piperazine rings is 1. The number of para-hydroxylation sites is 1. The third-order valence-electron chi connectivity index (χ3n) is 6.13. The number of carbonyl (C=O) groups excluding carboxylic acids is 1. The van der Waals surface area contributed by atoms with E-state index in [4.69, 9.17) is 5.10 Å². The molecule has 162 valence electrons. The maximum Gasteiger partial charge on any atom is 0.223 e. The van der Waals surface area contributed by atoms with Crippen molar-refractivity contribution in [2.24, 2.45) is 0 Å². The minimum absolute atomic E-state index is 0.0839. The Kier molecular flexibility index (Phi) is 5.40. The van der Waals surface area contributed by atoms with Gasteiger partial charge in [-0.25, -0.2) is 4.39 Å². The van der Waals surface area contributed by atoms with Crippen LogP contribution < -0.4 is 9.80 Å². The van der Waals surface area contributed by atoms with Gasteiger partial charge >= 0.3 is 0 Å². The Morgan fingerprint density at radius 2 is 1.68 bits per heavy atom. The van der Waals surface area contributed by atoms with Crippen LogP contribution in [0.2, 0.25) is 0 Å². The number of rotatable bonds is 5. The first-order valence-corrected chi connectivity index (χ1v) is 10.9. The highest BCUT2D eigenvalue weighted by Crippen LogP contribution is 2.21. The Labute approximate surface area is 180 Å². The number of halogens is 1. The van der Waals surface area contributed by atoms with Crippen LogP contribution in [0.5, 0.6) is 0 Å². The molecule has 2 aliphatic heterocycles. The van der Waals surface area contributed by atoms with Crippen LogP contribution in [-0.4, -0.2) is 69.9 Å². The van der Waals surface area contributed by atoms with Crippen LogP contribution in [0.3, 0.4) is 0 Å². The molecule has 1 aromatic carbocycles. The van der Waals surface area contributed by atoms with Gasteiger partial charge in [-0.1, -0.05) is 12.1 Å². The monoisotopic (exact) mass is 423 g/mol. The third-order valence-corrected chi connectivity index (χ3v) is 6.13. The number of carbonyl (C=O) groups is 1. The van der Waals surface area contributed by atoms with Gasteiger partial charge in [-0.3, -0.25) is 4.79 Å². The Hall–Kier alpha value is -3.23. The first-order valence-electron chi connectivity index (χ1n) is 10.9. The predicted molar refractivity (Wildman–Crippen MR) is 116 cm³/mol. The largest absolute Gasteiger partial charge is 0.366 e. The lowest BCUT2D eigenvalue weighted by Gasteiger charge is -2.36. The Morgan fingerprint density at radius 1 is 0.903 bits per heavy atom. The molecule has 0 radical (unpaired) electrons. The van der Waals surface area contributed by atoms with Crippen LogP contribution in [0.25, 0.3) is 5.65 Å². The van der Waals surface area contributed by atoms with E-state index in [0.29, 0.717) is 56.2 Å². The zero-order chi connectivity index (χ0) is 21.2. The van der Waals surface area contributed by atoms with Crippen LogP contribution in [0.4, 0.5) is 15.9 Å². The van der Waals surface area contributed by atoms with Crippen molar-refractivity contribution in [1.29, 1.82) is 0 Å². The zero-order valence-corrected chi connectivity index (χ0v) is 17.5. The van der Waals surface area contributed by atoms with Crippen LogP contribution in [0.1, 0.15) is 25.1 Å². The number of nitrogens with zero attached hydrogens (tertiary/aromatic N) is 7. The number of hydrogen-bond acceptors (Lipinski definition) is 6. The fourth-order valence-corrected chi connectivity index (χ4v) is 4.38. The molecule has 3 aromatic rings.